The van der Waals surface area contributed by atoms with E-state index in [1.54, 1.807) is 24.3 Å². The summed E-state index contributed by atoms with van der Waals surface area (Å²) >= 11 is 0. The average molecular weight is 340 g/mol. The molecule has 2 aromatic rings. The summed E-state index contributed by atoms with van der Waals surface area (Å²) in [5, 5.41) is 0. The number of imidazole rings is 1. The van der Waals surface area contributed by atoms with Crippen molar-refractivity contribution < 1.29 is 9.59 Å². The first-order chi connectivity index (χ1) is 12.0. The number of likely N-dealkylation sites (tertiary alicyclic amines) is 1. The molecule has 0 saturated carbocycles. The Hall–Kier alpha value is -2.63. The van der Waals surface area contributed by atoms with Gasteiger partial charge in [0.15, 0.2) is 0 Å². The third kappa shape index (κ3) is 3.57. The van der Waals surface area contributed by atoms with Crippen LogP contribution in [-0.2, 0) is 4.79 Å². The van der Waals surface area contributed by atoms with Crippen LogP contribution in [-0.4, -0.2) is 57.3 Å². The zero-order chi connectivity index (χ0) is 18.0. The van der Waals surface area contributed by atoms with Crippen molar-refractivity contribution in [1.82, 2.24) is 19.4 Å². The summed E-state index contributed by atoms with van der Waals surface area (Å²) in [4.78, 5) is 32.4. The number of piperidine rings is 1. The largest absolute Gasteiger partial charge is 0.343 e. The highest BCUT2D eigenvalue weighted by molar-refractivity contribution is 5.98. The summed E-state index contributed by atoms with van der Waals surface area (Å²) in [5.41, 5.74) is 2.59. The molecule has 0 unspecified atom stereocenters. The second-order valence-corrected chi connectivity index (χ2v) is 6.64. The van der Waals surface area contributed by atoms with Gasteiger partial charge in [-0.25, -0.2) is 4.98 Å². The monoisotopic (exact) mass is 340 g/mol. The fraction of sp³-hybridized carbons (Fsp3) is 0.421. The molecule has 25 heavy (non-hydrogen) atoms. The first kappa shape index (κ1) is 17.2. The fourth-order valence-corrected chi connectivity index (χ4v) is 3.33. The first-order valence-corrected chi connectivity index (χ1v) is 8.59. The molecule has 0 spiro atoms. The highest BCUT2D eigenvalue weighted by atomic mass is 16.2. The topological polar surface area (TPSA) is 58.4 Å². The van der Waals surface area contributed by atoms with E-state index >= 15 is 0 Å². The fourth-order valence-electron chi connectivity index (χ4n) is 3.33. The summed E-state index contributed by atoms with van der Waals surface area (Å²) < 4.78 is 1.86. The highest BCUT2D eigenvalue weighted by Crippen LogP contribution is 2.22. The number of aryl methyl sites for hydroxylation is 1. The molecular formula is C19H24N4O2. The van der Waals surface area contributed by atoms with E-state index in [1.165, 1.54) is 0 Å². The van der Waals surface area contributed by atoms with Gasteiger partial charge in [0.1, 0.15) is 0 Å². The number of hydrogen-bond acceptors (Lipinski definition) is 3. The van der Waals surface area contributed by atoms with E-state index in [9.17, 15) is 9.59 Å². The minimum Gasteiger partial charge on any atom is -0.343 e. The molecule has 1 fully saturated rings. The molecule has 6 nitrogen and oxygen atoms in total. The first-order valence-electron chi connectivity index (χ1n) is 8.59. The molecule has 1 aliphatic rings. The average Bonchev–Trinajstić information content (AvgIpc) is 3.15. The van der Waals surface area contributed by atoms with E-state index in [0.717, 1.165) is 24.1 Å². The molecule has 0 atom stereocenters. The van der Waals surface area contributed by atoms with Gasteiger partial charge < -0.3 is 14.4 Å². The van der Waals surface area contributed by atoms with Crippen LogP contribution in [0.25, 0.3) is 5.69 Å². The van der Waals surface area contributed by atoms with Crippen LogP contribution in [0.1, 0.15) is 35.7 Å². The van der Waals surface area contributed by atoms with Crippen LogP contribution in [0.4, 0.5) is 0 Å². The van der Waals surface area contributed by atoms with Gasteiger partial charge in [0.05, 0.1) is 17.6 Å². The van der Waals surface area contributed by atoms with Gasteiger partial charge in [0, 0.05) is 45.5 Å². The molecule has 2 amide bonds. The van der Waals surface area contributed by atoms with Crippen LogP contribution in [0.3, 0.4) is 0 Å². The van der Waals surface area contributed by atoms with Crippen molar-refractivity contribution in [2.45, 2.75) is 32.7 Å². The van der Waals surface area contributed by atoms with Crippen LogP contribution in [0, 0.1) is 6.92 Å². The molecule has 0 radical (unpaired) electrons. The Morgan fingerprint density at radius 1 is 1.24 bits per heavy atom. The Labute approximate surface area is 148 Å². The van der Waals surface area contributed by atoms with Gasteiger partial charge in [-0.05, 0) is 31.9 Å². The molecule has 0 bridgehead atoms. The Morgan fingerprint density at radius 3 is 2.56 bits per heavy atom. The van der Waals surface area contributed by atoms with Crippen molar-refractivity contribution >= 4 is 11.8 Å². The summed E-state index contributed by atoms with van der Waals surface area (Å²) in [5.74, 6) is 0.113. The van der Waals surface area contributed by atoms with E-state index in [4.69, 9.17) is 0 Å². The molecule has 2 heterocycles. The van der Waals surface area contributed by atoms with Gasteiger partial charge in [0.25, 0.3) is 5.91 Å². The molecule has 1 aromatic heterocycles. The van der Waals surface area contributed by atoms with Crippen molar-refractivity contribution in [2.24, 2.45) is 0 Å². The van der Waals surface area contributed by atoms with Crippen LogP contribution < -0.4 is 0 Å². The Morgan fingerprint density at radius 2 is 1.96 bits per heavy atom. The summed E-state index contributed by atoms with van der Waals surface area (Å²) in [7, 11) is 1.84. The van der Waals surface area contributed by atoms with Crippen molar-refractivity contribution in [3.05, 3.63) is 48.0 Å². The highest BCUT2D eigenvalue weighted by Gasteiger charge is 2.28. The predicted octanol–water partition coefficient (Wildman–Crippen LogP) is 2.26. The lowest BCUT2D eigenvalue weighted by Gasteiger charge is -2.36. The lowest BCUT2D eigenvalue weighted by atomic mass is 10.0. The molecule has 1 aliphatic heterocycles. The second-order valence-electron chi connectivity index (χ2n) is 6.64. The standard InChI is InChI=1S/C19H24N4O2/c1-14-4-5-18(23-11-8-20-13-23)17(12-14)19(25)22-9-6-16(7-10-22)21(3)15(2)24/h4-5,8,11-13,16H,6-7,9-10H2,1-3H3. The molecule has 1 aromatic carbocycles. The molecule has 0 N–H and O–H groups in total. The van der Waals surface area contributed by atoms with Crippen LogP contribution in [0.15, 0.2) is 36.9 Å². The van der Waals surface area contributed by atoms with Crippen molar-refractivity contribution in [1.29, 1.82) is 0 Å². The summed E-state index contributed by atoms with van der Waals surface area (Å²) in [6.45, 7) is 4.90. The van der Waals surface area contributed by atoms with Crippen molar-refractivity contribution in [3.8, 4) is 5.69 Å². The van der Waals surface area contributed by atoms with Gasteiger partial charge >= 0.3 is 0 Å². The number of aromatic nitrogens is 2. The number of amides is 2. The van der Waals surface area contributed by atoms with E-state index in [0.29, 0.717) is 18.7 Å². The number of nitrogens with zero attached hydrogens (tertiary/aromatic N) is 4. The Bertz CT molecular complexity index is 762. The zero-order valence-electron chi connectivity index (χ0n) is 15.0. The van der Waals surface area contributed by atoms with Crippen LogP contribution in [0.2, 0.25) is 0 Å². The predicted molar refractivity (Wildman–Crippen MR) is 95.7 cm³/mol. The van der Waals surface area contributed by atoms with Crippen molar-refractivity contribution in [2.75, 3.05) is 20.1 Å². The van der Waals surface area contributed by atoms with E-state index in [2.05, 4.69) is 4.98 Å². The smallest absolute Gasteiger partial charge is 0.255 e. The lowest BCUT2D eigenvalue weighted by Crippen LogP contribution is -2.46. The van der Waals surface area contributed by atoms with Gasteiger partial charge in [-0.1, -0.05) is 11.6 Å². The normalized spacial score (nSPS) is 15.2. The third-order valence-electron chi connectivity index (χ3n) is 4.96. The van der Waals surface area contributed by atoms with Crippen molar-refractivity contribution in [3.63, 3.8) is 0 Å². The molecule has 0 aliphatic carbocycles. The Balaban J connectivity index is 1.79. The van der Waals surface area contributed by atoms with Crippen LogP contribution in [0.5, 0.6) is 0 Å². The lowest BCUT2D eigenvalue weighted by molar-refractivity contribution is -0.130. The van der Waals surface area contributed by atoms with Gasteiger partial charge in [-0.15, -0.1) is 0 Å². The van der Waals surface area contributed by atoms with Gasteiger partial charge in [-0.3, -0.25) is 9.59 Å². The maximum absolute atomic E-state index is 13.1. The Kier molecular flexibility index (Phi) is 4.88. The SMILES string of the molecule is CC(=O)N(C)C1CCN(C(=O)c2cc(C)ccc2-n2ccnc2)CC1. The minimum absolute atomic E-state index is 0.0383. The molecule has 6 heteroatoms. The number of hydrogen-bond donors (Lipinski definition) is 0. The van der Waals surface area contributed by atoms with Crippen LogP contribution >= 0.6 is 0 Å². The summed E-state index contributed by atoms with van der Waals surface area (Å²) in [6.07, 6.45) is 6.88. The molecular weight excluding hydrogens is 316 g/mol. The minimum atomic E-state index is 0.0383. The van der Waals surface area contributed by atoms with E-state index in [-0.39, 0.29) is 17.9 Å². The zero-order valence-corrected chi connectivity index (χ0v) is 15.0. The third-order valence-corrected chi connectivity index (χ3v) is 4.96. The number of benzene rings is 1. The molecule has 1 saturated heterocycles. The van der Waals surface area contributed by atoms with E-state index in [1.807, 2.05) is 47.8 Å². The van der Waals surface area contributed by atoms with Gasteiger partial charge in [0.2, 0.25) is 5.91 Å². The summed E-state index contributed by atoms with van der Waals surface area (Å²) in [6, 6.07) is 6.11. The molecule has 132 valence electrons. The maximum Gasteiger partial charge on any atom is 0.255 e. The van der Waals surface area contributed by atoms with E-state index < -0.39 is 0 Å². The number of rotatable bonds is 3. The maximum atomic E-state index is 13.1. The molecule has 3 rings (SSSR count). The quantitative estimate of drug-likeness (QED) is 0.861. The second kappa shape index (κ2) is 7.09. The van der Waals surface area contributed by atoms with Gasteiger partial charge in [-0.2, -0.15) is 0 Å². The number of carbonyl (C=O) groups is 2. The number of carbonyl (C=O) groups excluding carboxylic acids is 2.